The molecule has 1 atom stereocenters. The summed E-state index contributed by atoms with van der Waals surface area (Å²) in [6.45, 7) is 6.30. The van der Waals surface area contributed by atoms with Crippen molar-refractivity contribution in [3.8, 4) is 0 Å². The number of aryl methyl sites for hydroxylation is 1. The summed E-state index contributed by atoms with van der Waals surface area (Å²) in [7, 11) is -4.35. The minimum absolute atomic E-state index is 0.127. The molecule has 1 aromatic carbocycles. The van der Waals surface area contributed by atoms with Crippen molar-refractivity contribution < 1.29 is 13.0 Å². The van der Waals surface area contributed by atoms with Gasteiger partial charge in [-0.25, -0.2) is 8.42 Å². The van der Waals surface area contributed by atoms with Gasteiger partial charge >= 0.3 is 0 Å². The van der Waals surface area contributed by atoms with Crippen LogP contribution < -0.4 is 0 Å². The van der Waals surface area contributed by atoms with E-state index in [1.165, 1.54) is 63.5 Å². The van der Waals surface area contributed by atoms with Crippen molar-refractivity contribution in [1.82, 2.24) is 0 Å². The van der Waals surface area contributed by atoms with Crippen molar-refractivity contribution in [3.05, 3.63) is 29.3 Å². The van der Waals surface area contributed by atoms with Crippen LogP contribution >= 0.6 is 0 Å². The Morgan fingerprint density at radius 3 is 2.09 bits per heavy atom. The Morgan fingerprint density at radius 2 is 1.57 bits per heavy atom. The summed E-state index contributed by atoms with van der Waals surface area (Å²) >= 11 is 0. The molecule has 0 aromatic heterocycles. The molecule has 0 heterocycles. The predicted molar refractivity (Wildman–Crippen MR) is 94.8 cm³/mol. The number of hydrogen-bond acceptors (Lipinski definition) is 3. The van der Waals surface area contributed by atoms with E-state index in [9.17, 15) is 13.0 Å². The SMILES string of the molecule is CCCCCCCCCCC(C)c1ccc(S(=O)(=O)[O-])cc1C. The Labute approximate surface area is 142 Å². The first-order valence-electron chi connectivity index (χ1n) is 8.92. The zero-order valence-corrected chi connectivity index (χ0v) is 15.6. The molecule has 3 nitrogen and oxygen atoms in total. The molecule has 0 bridgehead atoms. The number of rotatable bonds is 11. The fourth-order valence-corrected chi connectivity index (χ4v) is 3.65. The Balaban J connectivity index is 2.36. The monoisotopic (exact) mass is 339 g/mol. The summed E-state index contributed by atoms with van der Waals surface area (Å²) in [4.78, 5) is -0.127. The van der Waals surface area contributed by atoms with Crippen molar-refractivity contribution in [2.75, 3.05) is 0 Å². The fraction of sp³-hybridized carbons (Fsp3) is 0.684. The maximum absolute atomic E-state index is 11.0. The van der Waals surface area contributed by atoms with Gasteiger partial charge in [-0.1, -0.05) is 71.3 Å². The average Bonchev–Trinajstić information content (AvgIpc) is 2.48. The van der Waals surface area contributed by atoms with Crippen LogP contribution in [0.1, 0.15) is 88.7 Å². The molecule has 0 fully saturated rings. The Hall–Kier alpha value is -0.870. The van der Waals surface area contributed by atoms with Crippen molar-refractivity contribution >= 4 is 10.1 Å². The van der Waals surface area contributed by atoms with E-state index in [1.54, 1.807) is 6.07 Å². The van der Waals surface area contributed by atoms with Crippen LogP contribution in [0.25, 0.3) is 0 Å². The molecule has 23 heavy (non-hydrogen) atoms. The van der Waals surface area contributed by atoms with E-state index in [-0.39, 0.29) is 4.90 Å². The minimum Gasteiger partial charge on any atom is -0.744 e. The molecule has 132 valence electrons. The van der Waals surface area contributed by atoms with E-state index < -0.39 is 10.1 Å². The molecule has 0 aliphatic rings. The lowest BCUT2D eigenvalue weighted by Gasteiger charge is -2.16. The summed E-state index contributed by atoms with van der Waals surface area (Å²) in [6, 6.07) is 4.74. The van der Waals surface area contributed by atoms with Gasteiger partial charge in [0.15, 0.2) is 0 Å². The summed E-state index contributed by atoms with van der Waals surface area (Å²) in [6.07, 6.45) is 11.6. The summed E-state index contributed by atoms with van der Waals surface area (Å²) in [5.41, 5.74) is 2.05. The molecule has 0 saturated heterocycles. The first-order valence-corrected chi connectivity index (χ1v) is 10.3. The molecule has 1 unspecified atom stereocenters. The number of benzene rings is 1. The second-order valence-electron chi connectivity index (χ2n) is 6.64. The highest BCUT2D eigenvalue weighted by Crippen LogP contribution is 2.27. The van der Waals surface area contributed by atoms with Crippen molar-refractivity contribution in [2.24, 2.45) is 0 Å². The molecule has 0 amide bonds. The third-order valence-electron chi connectivity index (χ3n) is 4.55. The predicted octanol–water partition coefficient (Wildman–Crippen LogP) is 5.53. The van der Waals surface area contributed by atoms with Crippen LogP contribution in [0.15, 0.2) is 23.1 Å². The molecule has 0 aliphatic heterocycles. The molecular formula is C19H31O3S-. The van der Waals surface area contributed by atoms with Crippen LogP contribution in [0.3, 0.4) is 0 Å². The molecule has 0 aliphatic carbocycles. The zero-order valence-electron chi connectivity index (χ0n) is 14.8. The van der Waals surface area contributed by atoms with Crippen LogP contribution in [0.5, 0.6) is 0 Å². The van der Waals surface area contributed by atoms with E-state index >= 15 is 0 Å². The number of hydrogen-bond donors (Lipinski definition) is 0. The van der Waals surface area contributed by atoms with E-state index in [4.69, 9.17) is 0 Å². The number of unbranched alkanes of at least 4 members (excludes halogenated alkanes) is 7. The fourth-order valence-electron chi connectivity index (χ4n) is 3.10. The Bertz CT molecular complexity index is 564. The molecule has 0 N–H and O–H groups in total. The highest BCUT2D eigenvalue weighted by atomic mass is 32.2. The van der Waals surface area contributed by atoms with Crippen LogP contribution in [-0.2, 0) is 10.1 Å². The second-order valence-corrected chi connectivity index (χ2v) is 8.02. The normalized spacial score (nSPS) is 13.2. The highest BCUT2D eigenvalue weighted by molar-refractivity contribution is 7.85. The lowest BCUT2D eigenvalue weighted by atomic mass is 9.91. The summed E-state index contributed by atoms with van der Waals surface area (Å²) in [5, 5.41) is 0. The van der Waals surface area contributed by atoms with Crippen molar-refractivity contribution in [2.45, 2.75) is 89.4 Å². The summed E-state index contributed by atoms with van der Waals surface area (Å²) < 4.78 is 33.1. The molecule has 0 saturated carbocycles. The van der Waals surface area contributed by atoms with Gasteiger partial charge in [-0.15, -0.1) is 0 Å². The van der Waals surface area contributed by atoms with Crippen LogP contribution in [0.2, 0.25) is 0 Å². The van der Waals surface area contributed by atoms with Crippen molar-refractivity contribution in [3.63, 3.8) is 0 Å². The first kappa shape index (κ1) is 20.2. The van der Waals surface area contributed by atoms with Crippen LogP contribution in [0, 0.1) is 6.92 Å². The third kappa shape index (κ3) is 7.49. The molecule has 4 heteroatoms. The lowest BCUT2D eigenvalue weighted by molar-refractivity contribution is 0.463. The van der Waals surface area contributed by atoms with E-state index in [0.29, 0.717) is 5.92 Å². The van der Waals surface area contributed by atoms with Crippen LogP contribution in [-0.4, -0.2) is 13.0 Å². The minimum atomic E-state index is -4.35. The third-order valence-corrected chi connectivity index (χ3v) is 5.38. The van der Waals surface area contributed by atoms with Crippen molar-refractivity contribution in [1.29, 1.82) is 0 Å². The topological polar surface area (TPSA) is 57.2 Å². The molecule has 1 rings (SSSR count). The van der Waals surface area contributed by atoms with E-state index in [2.05, 4.69) is 13.8 Å². The Kier molecular flexibility index (Phi) is 8.85. The average molecular weight is 340 g/mol. The van der Waals surface area contributed by atoms with Gasteiger partial charge < -0.3 is 4.55 Å². The lowest BCUT2D eigenvalue weighted by Crippen LogP contribution is -2.02. The maximum Gasteiger partial charge on any atom is 0.124 e. The van der Waals surface area contributed by atoms with Gasteiger partial charge in [0.05, 0.1) is 4.90 Å². The van der Waals surface area contributed by atoms with Gasteiger partial charge in [-0.2, -0.15) is 0 Å². The maximum atomic E-state index is 11.0. The Morgan fingerprint density at radius 1 is 1.00 bits per heavy atom. The zero-order chi connectivity index (χ0) is 17.3. The smallest absolute Gasteiger partial charge is 0.124 e. The standard InChI is InChI=1S/C19H32O3S/c1-4-5-6-7-8-9-10-11-12-16(2)19-14-13-18(15-17(19)3)23(20,21)22/h13-16H,4-12H2,1-3H3,(H,20,21,22)/p-1. The van der Waals surface area contributed by atoms with Gasteiger partial charge in [0.2, 0.25) is 0 Å². The van der Waals surface area contributed by atoms with Gasteiger partial charge in [0.25, 0.3) is 0 Å². The van der Waals surface area contributed by atoms with Gasteiger partial charge in [0.1, 0.15) is 10.1 Å². The summed E-state index contributed by atoms with van der Waals surface area (Å²) in [5.74, 6) is 0.401. The first-order chi connectivity index (χ1) is 10.9. The van der Waals surface area contributed by atoms with E-state index in [1.807, 2.05) is 6.92 Å². The quantitative estimate of drug-likeness (QED) is 0.393. The molecular weight excluding hydrogens is 308 g/mol. The second kappa shape index (κ2) is 10.1. The largest absolute Gasteiger partial charge is 0.744 e. The molecule has 0 radical (unpaired) electrons. The van der Waals surface area contributed by atoms with Gasteiger partial charge in [0, 0.05) is 0 Å². The van der Waals surface area contributed by atoms with Crippen LogP contribution in [0.4, 0.5) is 0 Å². The molecule has 1 aromatic rings. The van der Waals surface area contributed by atoms with E-state index in [0.717, 1.165) is 17.5 Å². The van der Waals surface area contributed by atoms with Gasteiger partial charge in [-0.05, 0) is 42.5 Å². The molecule has 0 spiro atoms. The van der Waals surface area contributed by atoms with Gasteiger partial charge in [-0.3, -0.25) is 0 Å². The highest BCUT2D eigenvalue weighted by Gasteiger charge is 2.10.